The van der Waals surface area contributed by atoms with Gasteiger partial charge in [-0.15, -0.1) is 0 Å². The molecule has 2 rings (SSSR count). The molecule has 2 nitrogen and oxygen atoms in total. The molecule has 2 aromatic rings. The molecule has 0 bridgehead atoms. The van der Waals surface area contributed by atoms with Crippen molar-refractivity contribution in [2.75, 3.05) is 7.11 Å². The van der Waals surface area contributed by atoms with Crippen molar-refractivity contribution in [1.82, 2.24) is 4.98 Å². The molecule has 94 valence electrons. The summed E-state index contributed by atoms with van der Waals surface area (Å²) in [5.74, 6) is 0.330. The minimum atomic E-state index is 0.330. The Morgan fingerprint density at radius 3 is 2.28 bits per heavy atom. The van der Waals surface area contributed by atoms with Gasteiger partial charge in [0.2, 0.25) is 5.88 Å². The maximum atomic E-state index is 6.19. The van der Waals surface area contributed by atoms with Gasteiger partial charge in [-0.2, -0.15) is 0 Å². The van der Waals surface area contributed by atoms with Crippen molar-refractivity contribution in [1.29, 1.82) is 0 Å². The Hall–Kier alpha value is -0.670. The summed E-state index contributed by atoms with van der Waals surface area (Å²) in [5.41, 5.74) is 1.36. The van der Waals surface area contributed by atoms with Crippen LogP contribution in [0.1, 0.15) is 0 Å². The number of benzene rings is 1. The Bertz CT molecular complexity index is 601. The molecule has 1 aromatic carbocycles. The van der Waals surface area contributed by atoms with Gasteiger partial charge in [-0.1, -0.05) is 46.4 Å². The molecule has 1 heterocycles. The molecule has 0 aliphatic heterocycles. The SMILES string of the molecule is COc1nccc(-c2cc(Cl)c(Cl)cc2Cl)c1Cl. The molecule has 0 saturated carbocycles. The first kappa shape index (κ1) is 13.8. The summed E-state index contributed by atoms with van der Waals surface area (Å²) in [5, 5.41) is 1.63. The number of nitrogens with zero attached hydrogens (tertiary/aromatic N) is 1. The van der Waals surface area contributed by atoms with E-state index in [2.05, 4.69) is 4.98 Å². The zero-order valence-electron chi connectivity index (χ0n) is 9.18. The molecule has 0 radical (unpaired) electrons. The highest BCUT2D eigenvalue weighted by atomic mass is 35.5. The number of methoxy groups -OCH3 is 1. The van der Waals surface area contributed by atoms with Crippen LogP contribution < -0.4 is 4.74 Å². The molecule has 0 spiro atoms. The monoisotopic (exact) mass is 321 g/mol. The van der Waals surface area contributed by atoms with Gasteiger partial charge in [0.05, 0.1) is 22.2 Å². The van der Waals surface area contributed by atoms with E-state index in [4.69, 9.17) is 51.1 Å². The van der Waals surface area contributed by atoms with Gasteiger partial charge in [-0.25, -0.2) is 4.98 Å². The van der Waals surface area contributed by atoms with Crippen LogP contribution in [0.15, 0.2) is 24.4 Å². The molecule has 1 aromatic heterocycles. The molecule has 0 amide bonds. The number of hydrogen-bond donors (Lipinski definition) is 0. The number of pyridine rings is 1. The van der Waals surface area contributed by atoms with Crippen molar-refractivity contribution < 1.29 is 4.74 Å². The van der Waals surface area contributed by atoms with Crippen LogP contribution in [0.5, 0.6) is 5.88 Å². The van der Waals surface area contributed by atoms with Crippen LogP contribution >= 0.6 is 46.4 Å². The Morgan fingerprint density at radius 2 is 1.61 bits per heavy atom. The van der Waals surface area contributed by atoms with Crippen molar-refractivity contribution in [3.05, 3.63) is 44.5 Å². The van der Waals surface area contributed by atoms with Crippen LogP contribution in [0.2, 0.25) is 20.1 Å². The zero-order chi connectivity index (χ0) is 13.3. The largest absolute Gasteiger partial charge is 0.480 e. The lowest BCUT2D eigenvalue weighted by Gasteiger charge is -2.10. The molecule has 0 N–H and O–H groups in total. The van der Waals surface area contributed by atoms with Crippen molar-refractivity contribution >= 4 is 46.4 Å². The highest BCUT2D eigenvalue weighted by molar-refractivity contribution is 6.44. The Morgan fingerprint density at radius 1 is 0.944 bits per heavy atom. The molecule has 0 aliphatic rings. The third-order valence-electron chi connectivity index (χ3n) is 2.35. The average Bonchev–Trinajstić information content (AvgIpc) is 2.34. The van der Waals surface area contributed by atoms with Crippen LogP contribution in [0.4, 0.5) is 0 Å². The van der Waals surface area contributed by atoms with E-state index in [1.165, 1.54) is 7.11 Å². The van der Waals surface area contributed by atoms with Crippen LogP contribution in [0, 0.1) is 0 Å². The van der Waals surface area contributed by atoms with Gasteiger partial charge in [-0.05, 0) is 18.2 Å². The summed E-state index contributed by atoms with van der Waals surface area (Å²) >= 11 is 24.2. The van der Waals surface area contributed by atoms with Gasteiger partial charge < -0.3 is 4.74 Å². The van der Waals surface area contributed by atoms with Crippen molar-refractivity contribution in [2.24, 2.45) is 0 Å². The third kappa shape index (κ3) is 2.52. The summed E-state index contributed by atoms with van der Waals surface area (Å²) in [6, 6.07) is 4.97. The first-order valence-corrected chi connectivity index (χ1v) is 6.39. The quantitative estimate of drug-likeness (QED) is 0.693. The van der Waals surface area contributed by atoms with E-state index in [0.29, 0.717) is 37.1 Å². The Kier molecular flexibility index (Phi) is 4.23. The number of aromatic nitrogens is 1. The van der Waals surface area contributed by atoms with Crippen molar-refractivity contribution in [3.63, 3.8) is 0 Å². The van der Waals surface area contributed by atoms with Crippen LogP contribution in [-0.2, 0) is 0 Å². The van der Waals surface area contributed by atoms with Crippen LogP contribution in [-0.4, -0.2) is 12.1 Å². The van der Waals surface area contributed by atoms with Gasteiger partial charge in [0, 0.05) is 17.3 Å². The van der Waals surface area contributed by atoms with Crippen molar-refractivity contribution in [2.45, 2.75) is 0 Å². The molecule has 0 fully saturated rings. The van der Waals surface area contributed by atoms with Gasteiger partial charge in [-0.3, -0.25) is 0 Å². The lowest BCUT2D eigenvalue weighted by molar-refractivity contribution is 0.398. The van der Waals surface area contributed by atoms with Gasteiger partial charge in [0.1, 0.15) is 5.02 Å². The van der Waals surface area contributed by atoms with E-state index in [-0.39, 0.29) is 0 Å². The van der Waals surface area contributed by atoms with E-state index in [9.17, 15) is 0 Å². The molecular formula is C12H7Cl4NO. The fraction of sp³-hybridized carbons (Fsp3) is 0.0833. The maximum Gasteiger partial charge on any atom is 0.232 e. The van der Waals surface area contributed by atoms with E-state index in [0.717, 1.165) is 0 Å². The fourth-order valence-corrected chi connectivity index (χ4v) is 2.44. The molecular weight excluding hydrogens is 316 g/mol. The van der Waals surface area contributed by atoms with E-state index in [1.54, 1.807) is 24.4 Å². The second-order valence-corrected chi connectivity index (χ2v) is 5.03. The minimum Gasteiger partial charge on any atom is -0.480 e. The highest BCUT2D eigenvalue weighted by Gasteiger charge is 2.14. The highest BCUT2D eigenvalue weighted by Crippen LogP contribution is 2.40. The van der Waals surface area contributed by atoms with Crippen LogP contribution in [0.25, 0.3) is 11.1 Å². The lowest BCUT2D eigenvalue weighted by Crippen LogP contribution is -1.91. The summed E-state index contributed by atoms with van der Waals surface area (Å²) in [7, 11) is 1.49. The predicted octanol–water partition coefficient (Wildman–Crippen LogP) is 5.37. The number of ether oxygens (including phenoxy) is 1. The average molecular weight is 323 g/mol. The second kappa shape index (κ2) is 5.54. The van der Waals surface area contributed by atoms with E-state index >= 15 is 0 Å². The van der Waals surface area contributed by atoms with Gasteiger partial charge in [0.25, 0.3) is 0 Å². The number of rotatable bonds is 2. The summed E-state index contributed by atoms with van der Waals surface area (Å²) in [4.78, 5) is 4.00. The zero-order valence-corrected chi connectivity index (χ0v) is 12.2. The van der Waals surface area contributed by atoms with E-state index in [1.807, 2.05) is 0 Å². The minimum absolute atomic E-state index is 0.330. The molecule has 0 saturated heterocycles. The van der Waals surface area contributed by atoms with Gasteiger partial charge >= 0.3 is 0 Å². The first-order valence-electron chi connectivity index (χ1n) is 4.88. The molecule has 0 atom stereocenters. The lowest BCUT2D eigenvalue weighted by atomic mass is 10.1. The van der Waals surface area contributed by atoms with E-state index < -0.39 is 0 Å². The van der Waals surface area contributed by atoms with Crippen LogP contribution in [0.3, 0.4) is 0 Å². The topological polar surface area (TPSA) is 22.1 Å². The second-order valence-electron chi connectivity index (χ2n) is 3.43. The first-order chi connectivity index (χ1) is 8.54. The number of halogens is 4. The summed E-state index contributed by atoms with van der Waals surface area (Å²) in [6.45, 7) is 0. The summed E-state index contributed by atoms with van der Waals surface area (Å²) in [6.07, 6.45) is 1.58. The third-order valence-corrected chi connectivity index (χ3v) is 3.75. The maximum absolute atomic E-state index is 6.19. The number of hydrogen-bond acceptors (Lipinski definition) is 2. The fourth-order valence-electron chi connectivity index (χ4n) is 1.50. The molecule has 6 heteroatoms. The Labute approximate surface area is 124 Å². The molecule has 0 aliphatic carbocycles. The standard InChI is InChI=1S/C12H7Cl4NO/c1-18-12-11(16)6(2-3-17-12)7-4-9(14)10(15)5-8(7)13/h2-5H,1H3. The smallest absolute Gasteiger partial charge is 0.232 e. The van der Waals surface area contributed by atoms with Crippen molar-refractivity contribution in [3.8, 4) is 17.0 Å². The molecule has 18 heavy (non-hydrogen) atoms. The normalized spacial score (nSPS) is 10.5. The van der Waals surface area contributed by atoms with Gasteiger partial charge in [0.15, 0.2) is 0 Å². The Balaban J connectivity index is 2.66. The predicted molar refractivity (Wildman–Crippen MR) is 76.3 cm³/mol. The molecule has 0 unspecified atom stereocenters. The summed E-state index contributed by atoms with van der Waals surface area (Å²) < 4.78 is 5.06.